The molecule has 0 unspecified atom stereocenters. The Morgan fingerprint density at radius 2 is 2.00 bits per heavy atom. The van der Waals surface area contributed by atoms with Crippen molar-refractivity contribution in [2.75, 3.05) is 6.54 Å². The Labute approximate surface area is 149 Å². The Hall–Kier alpha value is -2.17. The number of hydrogen-bond donors (Lipinski definition) is 1. The number of aromatic nitrogens is 3. The third-order valence-corrected chi connectivity index (χ3v) is 5.35. The Morgan fingerprint density at radius 3 is 2.68 bits per heavy atom. The van der Waals surface area contributed by atoms with Crippen LogP contribution in [0.15, 0.2) is 36.8 Å². The average molecular weight is 340 g/mol. The van der Waals surface area contributed by atoms with Crippen LogP contribution in [0.2, 0.25) is 0 Å². The molecule has 5 nitrogen and oxygen atoms in total. The van der Waals surface area contributed by atoms with Crippen LogP contribution in [0.3, 0.4) is 0 Å². The van der Waals surface area contributed by atoms with Crippen molar-refractivity contribution in [2.24, 2.45) is 17.8 Å². The lowest BCUT2D eigenvalue weighted by molar-refractivity contribution is -0.126. The topological polar surface area (TPSA) is 59.8 Å². The summed E-state index contributed by atoms with van der Waals surface area (Å²) in [5.41, 5.74) is 0.853. The van der Waals surface area contributed by atoms with Crippen LogP contribution in [0, 0.1) is 17.8 Å². The average Bonchev–Trinajstić information content (AvgIpc) is 3.11. The molecule has 0 aromatic carbocycles. The molecule has 1 saturated carbocycles. The highest BCUT2D eigenvalue weighted by atomic mass is 16.1. The van der Waals surface area contributed by atoms with Crippen molar-refractivity contribution in [3.8, 4) is 11.5 Å². The van der Waals surface area contributed by atoms with E-state index in [9.17, 15) is 4.79 Å². The van der Waals surface area contributed by atoms with Crippen molar-refractivity contribution in [1.29, 1.82) is 0 Å². The predicted octanol–water partition coefficient (Wildman–Crippen LogP) is 3.52. The Bertz CT molecular complexity index is 672. The van der Waals surface area contributed by atoms with Crippen LogP contribution < -0.4 is 5.32 Å². The SMILES string of the molecule is CC(C)C1CCC(C(=O)NCCn2ccnc2-c2ccccn2)CC1. The summed E-state index contributed by atoms with van der Waals surface area (Å²) in [6, 6.07) is 5.80. The summed E-state index contributed by atoms with van der Waals surface area (Å²) in [6.45, 7) is 5.91. The Balaban J connectivity index is 1.48. The predicted molar refractivity (Wildman–Crippen MR) is 98.8 cm³/mol. The van der Waals surface area contributed by atoms with Crippen molar-refractivity contribution in [3.63, 3.8) is 0 Å². The van der Waals surface area contributed by atoms with Gasteiger partial charge in [-0.25, -0.2) is 4.98 Å². The normalized spacial score (nSPS) is 20.6. The highest BCUT2D eigenvalue weighted by Crippen LogP contribution is 2.33. The minimum atomic E-state index is 0.188. The van der Waals surface area contributed by atoms with Crippen molar-refractivity contribution in [3.05, 3.63) is 36.8 Å². The molecule has 0 saturated heterocycles. The summed E-state index contributed by atoms with van der Waals surface area (Å²) in [4.78, 5) is 21.1. The fraction of sp³-hybridized carbons (Fsp3) is 0.550. The van der Waals surface area contributed by atoms with E-state index >= 15 is 0 Å². The molecule has 0 bridgehead atoms. The number of imidazole rings is 1. The molecular weight excluding hydrogens is 312 g/mol. The van der Waals surface area contributed by atoms with E-state index in [1.807, 2.05) is 29.0 Å². The van der Waals surface area contributed by atoms with E-state index in [4.69, 9.17) is 0 Å². The summed E-state index contributed by atoms with van der Waals surface area (Å²) >= 11 is 0. The van der Waals surface area contributed by atoms with E-state index in [2.05, 4.69) is 29.1 Å². The molecule has 134 valence electrons. The summed E-state index contributed by atoms with van der Waals surface area (Å²) < 4.78 is 2.04. The maximum Gasteiger partial charge on any atom is 0.223 e. The summed E-state index contributed by atoms with van der Waals surface area (Å²) in [6.07, 6.45) is 9.90. The molecular formula is C20H28N4O. The lowest BCUT2D eigenvalue weighted by atomic mass is 9.77. The summed E-state index contributed by atoms with van der Waals surface area (Å²) in [7, 11) is 0. The van der Waals surface area contributed by atoms with Crippen LogP contribution in [0.1, 0.15) is 39.5 Å². The van der Waals surface area contributed by atoms with Gasteiger partial charge in [0.2, 0.25) is 5.91 Å². The fourth-order valence-corrected chi connectivity index (χ4v) is 3.71. The van der Waals surface area contributed by atoms with E-state index in [1.165, 1.54) is 12.8 Å². The first kappa shape index (κ1) is 17.6. The fourth-order valence-electron chi connectivity index (χ4n) is 3.71. The van der Waals surface area contributed by atoms with Crippen LogP contribution in [0.5, 0.6) is 0 Å². The molecule has 2 aromatic rings. The van der Waals surface area contributed by atoms with Gasteiger partial charge in [-0.3, -0.25) is 9.78 Å². The third-order valence-electron chi connectivity index (χ3n) is 5.35. The molecule has 0 atom stereocenters. The zero-order chi connectivity index (χ0) is 17.6. The van der Waals surface area contributed by atoms with Crippen molar-refractivity contribution < 1.29 is 4.79 Å². The lowest BCUT2D eigenvalue weighted by Gasteiger charge is -2.30. The molecule has 2 aromatic heterocycles. The molecule has 0 radical (unpaired) electrons. The first-order chi connectivity index (χ1) is 12.1. The van der Waals surface area contributed by atoms with Crippen molar-refractivity contribution in [2.45, 2.75) is 46.1 Å². The zero-order valence-electron chi connectivity index (χ0n) is 15.2. The van der Waals surface area contributed by atoms with Gasteiger partial charge in [0.25, 0.3) is 0 Å². The van der Waals surface area contributed by atoms with Gasteiger partial charge in [-0.15, -0.1) is 0 Å². The van der Waals surface area contributed by atoms with Gasteiger partial charge in [0.1, 0.15) is 5.69 Å². The van der Waals surface area contributed by atoms with Gasteiger partial charge in [0.15, 0.2) is 5.82 Å². The molecule has 25 heavy (non-hydrogen) atoms. The quantitative estimate of drug-likeness (QED) is 0.875. The van der Waals surface area contributed by atoms with Gasteiger partial charge in [-0.05, 0) is 49.7 Å². The molecule has 3 rings (SSSR count). The molecule has 1 fully saturated rings. The Morgan fingerprint density at radius 1 is 1.20 bits per heavy atom. The second-order valence-corrected chi connectivity index (χ2v) is 7.31. The van der Waals surface area contributed by atoms with Crippen molar-refractivity contribution >= 4 is 5.91 Å². The molecule has 0 aliphatic heterocycles. The second-order valence-electron chi connectivity index (χ2n) is 7.31. The molecule has 0 spiro atoms. The standard InChI is InChI=1S/C20H28N4O/c1-15(2)16-6-8-17(9-7-16)20(25)23-12-14-24-13-11-22-19(24)18-5-3-4-10-21-18/h3-5,10-11,13,15-17H,6-9,12,14H2,1-2H3,(H,23,25). The molecule has 1 aliphatic carbocycles. The maximum atomic E-state index is 12.4. The van der Waals surface area contributed by atoms with E-state index in [0.29, 0.717) is 13.1 Å². The summed E-state index contributed by atoms with van der Waals surface area (Å²) in [5, 5.41) is 3.11. The van der Waals surface area contributed by atoms with Gasteiger partial charge < -0.3 is 9.88 Å². The van der Waals surface area contributed by atoms with Crippen LogP contribution in [-0.4, -0.2) is 27.0 Å². The first-order valence-corrected chi connectivity index (χ1v) is 9.35. The number of pyridine rings is 1. The largest absolute Gasteiger partial charge is 0.354 e. The van der Waals surface area contributed by atoms with Crippen LogP contribution in [0.25, 0.3) is 11.5 Å². The van der Waals surface area contributed by atoms with E-state index in [-0.39, 0.29) is 11.8 Å². The molecule has 1 N–H and O–H groups in total. The lowest BCUT2D eigenvalue weighted by Crippen LogP contribution is -2.35. The minimum Gasteiger partial charge on any atom is -0.354 e. The number of carbonyl (C=O) groups excluding carboxylic acids is 1. The van der Waals surface area contributed by atoms with Crippen LogP contribution in [-0.2, 0) is 11.3 Å². The van der Waals surface area contributed by atoms with Gasteiger partial charge in [0.05, 0.1) is 0 Å². The van der Waals surface area contributed by atoms with Gasteiger partial charge in [-0.1, -0.05) is 19.9 Å². The van der Waals surface area contributed by atoms with E-state index < -0.39 is 0 Å². The number of nitrogens with one attached hydrogen (secondary N) is 1. The Kier molecular flexibility index (Phi) is 5.84. The number of nitrogens with zero attached hydrogens (tertiary/aromatic N) is 3. The highest BCUT2D eigenvalue weighted by molar-refractivity contribution is 5.78. The third kappa shape index (κ3) is 4.47. The van der Waals surface area contributed by atoms with Gasteiger partial charge in [0, 0.05) is 37.6 Å². The van der Waals surface area contributed by atoms with Crippen LogP contribution in [0.4, 0.5) is 0 Å². The zero-order valence-corrected chi connectivity index (χ0v) is 15.2. The highest BCUT2D eigenvalue weighted by Gasteiger charge is 2.27. The summed E-state index contributed by atoms with van der Waals surface area (Å²) in [5.74, 6) is 2.76. The van der Waals surface area contributed by atoms with Crippen molar-refractivity contribution in [1.82, 2.24) is 19.9 Å². The number of amides is 1. The molecule has 2 heterocycles. The monoisotopic (exact) mass is 340 g/mol. The van der Waals surface area contributed by atoms with E-state index in [0.717, 1.165) is 36.2 Å². The molecule has 1 aliphatic rings. The minimum absolute atomic E-state index is 0.188. The number of hydrogen-bond acceptors (Lipinski definition) is 3. The molecule has 1 amide bonds. The number of carbonyl (C=O) groups is 1. The molecule has 5 heteroatoms. The van der Waals surface area contributed by atoms with Crippen LogP contribution >= 0.6 is 0 Å². The smallest absolute Gasteiger partial charge is 0.223 e. The second kappa shape index (κ2) is 8.28. The van der Waals surface area contributed by atoms with Gasteiger partial charge >= 0.3 is 0 Å². The van der Waals surface area contributed by atoms with E-state index in [1.54, 1.807) is 12.4 Å². The number of rotatable bonds is 6. The van der Waals surface area contributed by atoms with Gasteiger partial charge in [-0.2, -0.15) is 0 Å². The maximum absolute atomic E-state index is 12.4. The first-order valence-electron chi connectivity index (χ1n) is 9.35.